The highest BCUT2D eigenvalue weighted by atomic mass is 32.2. The Morgan fingerprint density at radius 3 is 2.45 bits per heavy atom. The molecule has 4 nitrogen and oxygen atoms in total. The molecule has 0 spiro atoms. The Bertz CT molecular complexity index is 757. The minimum absolute atomic E-state index is 0.149. The maximum absolute atomic E-state index is 12.4. The molecule has 0 aliphatic rings. The first kappa shape index (κ1) is 14.7. The molecule has 0 aliphatic carbocycles. The van der Waals surface area contributed by atoms with E-state index in [4.69, 9.17) is 5.11 Å². The number of carboxylic acids is 1. The number of aryl methyl sites for hydroxylation is 2. The van der Waals surface area contributed by atoms with Crippen LogP contribution in [0.5, 0.6) is 0 Å². The molecule has 1 aromatic carbocycles. The Labute approximate surface area is 121 Å². The van der Waals surface area contributed by atoms with Crippen molar-refractivity contribution in [2.24, 2.45) is 0 Å². The maximum Gasteiger partial charge on any atom is 0.345 e. The number of sulfone groups is 1. The second kappa shape index (κ2) is 5.38. The summed E-state index contributed by atoms with van der Waals surface area (Å²) in [4.78, 5) is 11.8. The van der Waals surface area contributed by atoms with Crippen LogP contribution in [0.1, 0.15) is 25.7 Å². The minimum Gasteiger partial charge on any atom is -0.477 e. The van der Waals surface area contributed by atoms with Crippen LogP contribution in [0.4, 0.5) is 0 Å². The van der Waals surface area contributed by atoms with Gasteiger partial charge in [-0.2, -0.15) is 0 Å². The molecule has 106 valence electrons. The summed E-state index contributed by atoms with van der Waals surface area (Å²) in [5.41, 5.74) is 1.71. The van der Waals surface area contributed by atoms with Crippen LogP contribution in [0.2, 0.25) is 0 Å². The maximum atomic E-state index is 12.4. The SMILES string of the molecule is Cc1ccc(S(=O)(=O)Cc2ccc(C(=O)O)s2)c(C)c1. The lowest BCUT2D eigenvalue weighted by Gasteiger charge is -2.07. The second-order valence-electron chi connectivity index (χ2n) is 4.60. The molecule has 1 aromatic heterocycles. The number of rotatable bonds is 4. The average molecular weight is 310 g/mol. The zero-order chi connectivity index (χ0) is 14.9. The Morgan fingerprint density at radius 1 is 1.20 bits per heavy atom. The van der Waals surface area contributed by atoms with Gasteiger partial charge in [0.15, 0.2) is 9.84 Å². The number of aromatic carboxylic acids is 1. The van der Waals surface area contributed by atoms with Gasteiger partial charge in [-0.3, -0.25) is 0 Å². The molecule has 2 aromatic rings. The van der Waals surface area contributed by atoms with E-state index in [1.54, 1.807) is 25.1 Å². The van der Waals surface area contributed by atoms with Crippen molar-refractivity contribution in [1.82, 2.24) is 0 Å². The summed E-state index contributed by atoms with van der Waals surface area (Å²) in [5.74, 6) is -1.21. The quantitative estimate of drug-likeness (QED) is 0.942. The average Bonchev–Trinajstić information content (AvgIpc) is 2.76. The van der Waals surface area contributed by atoms with E-state index in [2.05, 4.69) is 0 Å². The normalized spacial score (nSPS) is 11.5. The molecule has 20 heavy (non-hydrogen) atoms. The second-order valence-corrected chi connectivity index (χ2v) is 7.73. The monoisotopic (exact) mass is 310 g/mol. The van der Waals surface area contributed by atoms with E-state index in [1.165, 1.54) is 6.07 Å². The molecule has 0 atom stereocenters. The fourth-order valence-corrected chi connectivity index (χ4v) is 4.78. The molecule has 0 amide bonds. The van der Waals surface area contributed by atoms with Crippen molar-refractivity contribution < 1.29 is 18.3 Å². The van der Waals surface area contributed by atoms with Crippen LogP contribution in [0.3, 0.4) is 0 Å². The first-order valence-electron chi connectivity index (χ1n) is 5.91. The highest BCUT2D eigenvalue weighted by Crippen LogP contribution is 2.25. The predicted octanol–water partition coefficient (Wildman–Crippen LogP) is 3.04. The summed E-state index contributed by atoms with van der Waals surface area (Å²) in [6.07, 6.45) is 0. The summed E-state index contributed by atoms with van der Waals surface area (Å²) in [6.45, 7) is 3.67. The van der Waals surface area contributed by atoms with Crippen LogP contribution in [0.15, 0.2) is 35.2 Å². The molecular weight excluding hydrogens is 296 g/mol. The van der Waals surface area contributed by atoms with E-state index in [0.717, 1.165) is 16.9 Å². The number of carboxylic acid groups (broad SMARTS) is 1. The van der Waals surface area contributed by atoms with Crippen LogP contribution < -0.4 is 0 Å². The van der Waals surface area contributed by atoms with Gasteiger partial charge in [0.2, 0.25) is 0 Å². The number of benzene rings is 1. The zero-order valence-corrected chi connectivity index (χ0v) is 12.7. The van der Waals surface area contributed by atoms with Gasteiger partial charge in [0, 0.05) is 4.88 Å². The number of carbonyl (C=O) groups is 1. The number of hydrogen-bond donors (Lipinski definition) is 1. The van der Waals surface area contributed by atoms with Gasteiger partial charge < -0.3 is 5.11 Å². The summed E-state index contributed by atoms with van der Waals surface area (Å²) in [5, 5.41) is 8.85. The van der Waals surface area contributed by atoms with Crippen LogP contribution >= 0.6 is 11.3 Å². The van der Waals surface area contributed by atoms with Gasteiger partial charge in [-0.25, -0.2) is 13.2 Å². The van der Waals surface area contributed by atoms with Crippen molar-refractivity contribution in [3.8, 4) is 0 Å². The largest absolute Gasteiger partial charge is 0.477 e. The van der Waals surface area contributed by atoms with Crippen LogP contribution in [-0.2, 0) is 15.6 Å². The predicted molar refractivity (Wildman–Crippen MR) is 78.1 cm³/mol. The minimum atomic E-state index is -3.46. The van der Waals surface area contributed by atoms with Crippen molar-refractivity contribution in [3.05, 3.63) is 51.2 Å². The summed E-state index contributed by atoms with van der Waals surface area (Å²) >= 11 is 0.993. The Kier molecular flexibility index (Phi) is 3.96. The lowest BCUT2D eigenvalue weighted by Crippen LogP contribution is -2.06. The van der Waals surface area contributed by atoms with Gasteiger partial charge in [-0.1, -0.05) is 17.7 Å². The molecule has 0 saturated heterocycles. The van der Waals surface area contributed by atoms with Gasteiger partial charge in [0.25, 0.3) is 0 Å². The van der Waals surface area contributed by atoms with Gasteiger partial charge in [0.05, 0.1) is 10.6 Å². The molecule has 6 heteroatoms. The lowest BCUT2D eigenvalue weighted by molar-refractivity contribution is 0.0702. The van der Waals surface area contributed by atoms with Gasteiger partial charge in [-0.05, 0) is 37.6 Å². The van der Waals surface area contributed by atoms with E-state index in [1.807, 2.05) is 13.0 Å². The Morgan fingerprint density at radius 2 is 1.90 bits per heavy atom. The molecule has 0 aliphatic heterocycles. The van der Waals surface area contributed by atoms with Gasteiger partial charge in [-0.15, -0.1) is 11.3 Å². The van der Waals surface area contributed by atoms with E-state index >= 15 is 0 Å². The summed E-state index contributed by atoms with van der Waals surface area (Å²) < 4.78 is 24.7. The van der Waals surface area contributed by atoms with E-state index < -0.39 is 15.8 Å². The molecule has 0 bridgehead atoms. The van der Waals surface area contributed by atoms with Gasteiger partial charge in [0.1, 0.15) is 4.88 Å². The van der Waals surface area contributed by atoms with Crippen molar-refractivity contribution in [3.63, 3.8) is 0 Å². The first-order chi connectivity index (χ1) is 9.29. The third-order valence-electron chi connectivity index (χ3n) is 2.87. The molecular formula is C14H14O4S2. The van der Waals surface area contributed by atoms with Crippen molar-refractivity contribution >= 4 is 27.1 Å². The van der Waals surface area contributed by atoms with E-state index in [0.29, 0.717) is 15.3 Å². The lowest BCUT2D eigenvalue weighted by atomic mass is 10.2. The van der Waals surface area contributed by atoms with Crippen LogP contribution in [0, 0.1) is 13.8 Å². The van der Waals surface area contributed by atoms with Crippen LogP contribution in [-0.4, -0.2) is 19.5 Å². The third-order valence-corrected chi connectivity index (χ3v) is 5.95. The zero-order valence-electron chi connectivity index (χ0n) is 11.1. The van der Waals surface area contributed by atoms with Crippen molar-refractivity contribution in [1.29, 1.82) is 0 Å². The molecule has 0 fully saturated rings. The van der Waals surface area contributed by atoms with Crippen molar-refractivity contribution in [2.75, 3.05) is 0 Å². The van der Waals surface area contributed by atoms with E-state index in [9.17, 15) is 13.2 Å². The topological polar surface area (TPSA) is 71.4 Å². The highest BCUT2D eigenvalue weighted by molar-refractivity contribution is 7.90. The van der Waals surface area contributed by atoms with Crippen molar-refractivity contribution in [2.45, 2.75) is 24.5 Å². The molecule has 0 radical (unpaired) electrons. The Balaban J connectivity index is 2.33. The summed E-state index contributed by atoms with van der Waals surface area (Å²) in [6, 6.07) is 8.17. The highest BCUT2D eigenvalue weighted by Gasteiger charge is 2.19. The molecule has 1 heterocycles. The fraction of sp³-hybridized carbons (Fsp3) is 0.214. The van der Waals surface area contributed by atoms with Crippen LogP contribution in [0.25, 0.3) is 0 Å². The first-order valence-corrected chi connectivity index (χ1v) is 8.38. The Hall–Kier alpha value is -1.66. The number of thiophene rings is 1. The van der Waals surface area contributed by atoms with Gasteiger partial charge >= 0.3 is 5.97 Å². The molecule has 0 saturated carbocycles. The fourth-order valence-electron chi connectivity index (χ4n) is 1.98. The smallest absolute Gasteiger partial charge is 0.345 e. The molecule has 1 N–H and O–H groups in total. The summed E-state index contributed by atoms with van der Waals surface area (Å²) in [7, 11) is -3.46. The third kappa shape index (κ3) is 3.08. The number of hydrogen-bond acceptors (Lipinski definition) is 4. The molecule has 0 unspecified atom stereocenters. The van der Waals surface area contributed by atoms with E-state index in [-0.39, 0.29) is 10.6 Å². The standard InChI is InChI=1S/C14H14O4S2/c1-9-3-6-13(10(2)7-9)20(17,18)8-11-4-5-12(19-11)14(15)16/h3-7H,8H2,1-2H3,(H,15,16). The molecule has 2 rings (SSSR count).